The fourth-order valence-electron chi connectivity index (χ4n) is 2.51. The molecule has 2 amide bonds. The van der Waals surface area contributed by atoms with Crippen LogP contribution in [0.25, 0.3) is 5.69 Å². The van der Waals surface area contributed by atoms with Crippen LogP contribution in [-0.4, -0.2) is 28.1 Å². The molecule has 0 fully saturated rings. The van der Waals surface area contributed by atoms with Crippen molar-refractivity contribution in [3.63, 3.8) is 0 Å². The normalized spacial score (nSPS) is 11.6. The van der Waals surface area contributed by atoms with Gasteiger partial charge in [-0.25, -0.2) is 9.82 Å². The third-order valence-corrected chi connectivity index (χ3v) is 3.62. The maximum atomic E-state index is 13.1. The van der Waals surface area contributed by atoms with Crippen molar-refractivity contribution in [3.05, 3.63) is 53.1 Å². The lowest BCUT2D eigenvalue weighted by molar-refractivity contribution is -0.140. The summed E-state index contributed by atoms with van der Waals surface area (Å²) >= 11 is 0. The van der Waals surface area contributed by atoms with Gasteiger partial charge < -0.3 is 9.88 Å². The molecule has 0 bridgehead atoms. The maximum absolute atomic E-state index is 13.1. The van der Waals surface area contributed by atoms with Gasteiger partial charge in [0.1, 0.15) is 5.82 Å². The number of hydrogen-bond donors (Lipinski definition) is 2. The fourth-order valence-corrected chi connectivity index (χ4v) is 2.51. The van der Waals surface area contributed by atoms with Crippen LogP contribution in [0, 0.1) is 19.7 Å². The first-order chi connectivity index (χ1) is 12.1. The standard InChI is InChI=1S/C19H23FN4O2/c1-12-10-14(11-21-23-18(26)17(25)22-19(3,4)5)13(2)24(12)16-8-6-15(20)7-9-16/h6-11H,1-5H3,(H,22,25)(H,23,26)/b21-11-. The highest BCUT2D eigenvalue weighted by Crippen LogP contribution is 2.19. The largest absolute Gasteiger partial charge is 0.343 e. The van der Waals surface area contributed by atoms with Crippen LogP contribution in [0.3, 0.4) is 0 Å². The summed E-state index contributed by atoms with van der Waals surface area (Å²) in [5, 5.41) is 6.42. The molecule has 1 aromatic heterocycles. The van der Waals surface area contributed by atoms with Crippen molar-refractivity contribution in [1.82, 2.24) is 15.3 Å². The minimum Gasteiger partial charge on any atom is -0.343 e. The van der Waals surface area contributed by atoms with Gasteiger partial charge in [0, 0.05) is 28.2 Å². The summed E-state index contributed by atoms with van der Waals surface area (Å²) in [6.45, 7) is 9.16. The number of nitrogens with zero attached hydrogens (tertiary/aromatic N) is 2. The number of benzene rings is 1. The zero-order valence-electron chi connectivity index (χ0n) is 15.6. The maximum Gasteiger partial charge on any atom is 0.329 e. The second-order valence-corrected chi connectivity index (χ2v) is 7.04. The van der Waals surface area contributed by atoms with E-state index in [0.29, 0.717) is 0 Å². The highest BCUT2D eigenvalue weighted by Gasteiger charge is 2.19. The van der Waals surface area contributed by atoms with Crippen LogP contribution < -0.4 is 10.7 Å². The van der Waals surface area contributed by atoms with Crippen molar-refractivity contribution < 1.29 is 14.0 Å². The summed E-state index contributed by atoms with van der Waals surface area (Å²) in [5.41, 5.74) is 5.14. The van der Waals surface area contributed by atoms with Crippen LogP contribution in [0.15, 0.2) is 35.4 Å². The van der Waals surface area contributed by atoms with Crippen LogP contribution in [0.5, 0.6) is 0 Å². The molecule has 2 N–H and O–H groups in total. The molecule has 0 saturated heterocycles. The average molecular weight is 358 g/mol. The van der Waals surface area contributed by atoms with Gasteiger partial charge in [0.25, 0.3) is 0 Å². The first-order valence-electron chi connectivity index (χ1n) is 8.19. The van der Waals surface area contributed by atoms with E-state index in [2.05, 4.69) is 15.8 Å². The molecule has 0 unspecified atom stereocenters. The Kier molecular flexibility index (Phi) is 5.59. The molecule has 0 aliphatic heterocycles. The number of nitrogens with one attached hydrogen (secondary N) is 2. The minimum absolute atomic E-state index is 0.297. The Labute approximate surface area is 152 Å². The van der Waals surface area contributed by atoms with Crippen molar-refractivity contribution in [3.8, 4) is 5.69 Å². The molecule has 0 saturated carbocycles. The summed E-state index contributed by atoms with van der Waals surface area (Å²) in [5.74, 6) is -1.87. The van der Waals surface area contributed by atoms with Crippen LogP contribution >= 0.6 is 0 Å². The summed E-state index contributed by atoms with van der Waals surface area (Å²) < 4.78 is 15.1. The topological polar surface area (TPSA) is 75.5 Å². The second kappa shape index (κ2) is 7.51. The number of hydrazone groups is 1. The number of carbonyl (C=O) groups is 2. The second-order valence-electron chi connectivity index (χ2n) is 7.04. The third kappa shape index (κ3) is 4.78. The van der Waals surface area contributed by atoms with E-state index in [0.717, 1.165) is 22.6 Å². The van der Waals surface area contributed by atoms with Crippen molar-refractivity contribution in [2.24, 2.45) is 5.10 Å². The lowest BCUT2D eigenvalue weighted by Gasteiger charge is -2.19. The quantitative estimate of drug-likeness (QED) is 0.503. The molecule has 0 aliphatic carbocycles. The Morgan fingerprint density at radius 3 is 2.31 bits per heavy atom. The Morgan fingerprint density at radius 1 is 1.12 bits per heavy atom. The number of amides is 2. The van der Waals surface area contributed by atoms with Crippen molar-refractivity contribution in [1.29, 1.82) is 0 Å². The van der Waals surface area contributed by atoms with Gasteiger partial charge in [-0.1, -0.05) is 0 Å². The molecule has 2 rings (SSSR count). The average Bonchev–Trinajstić information content (AvgIpc) is 2.81. The molecule has 0 aliphatic rings. The van der Waals surface area contributed by atoms with Gasteiger partial charge in [-0.3, -0.25) is 9.59 Å². The molecule has 0 radical (unpaired) electrons. The molecule has 26 heavy (non-hydrogen) atoms. The number of halogens is 1. The molecule has 1 heterocycles. The molecule has 2 aromatic rings. The number of hydrogen-bond acceptors (Lipinski definition) is 3. The van der Waals surface area contributed by atoms with E-state index in [1.54, 1.807) is 32.9 Å². The number of carbonyl (C=O) groups excluding carboxylic acids is 2. The molecule has 138 valence electrons. The first kappa shape index (κ1) is 19.4. The molecule has 0 spiro atoms. The van der Waals surface area contributed by atoms with E-state index < -0.39 is 17.4 Å². The van der Waals surface area contributed by atoms with Crippen molar-refractivity contribution in [2.75, 3.05) is 0 Å². The van der Waals surface area contributed by atoms with Gasteiger partial charge in [-0.15, -0.1) is 0 Å². The number of aromatic nitrogens is 1. The Balaban J connectivity index is 2.12. The minimum atomic E-state index is -0.830. The Hall–Kier alpha value is -2.96. The van der Waals surface area contributed by atoms with Crippen LogP contribution in [-0.2, 0) is 9.59 Å². The summed E-state index contributed by atoms with van der Waals surface area (Å²) in [6.07, 6.45) is 1.48. The lowest BCUT2D eigenvalue weighted by atomic mass is 10.1. The highest BCUT2D eigenvalue weighted by atomic mass is 19.1. The van der Waals surface area contributed by atoms with E-state index in [-0.39, 0.29) is 5.82 Å². The van der Waals surface area contributed by atoms with Crippen molar-refractivity contribution >= 4 is 18.0 Å². The molecule has 1 aromatic carbocycles. The van der Waals surface area contributed by atoms with E-state index in [1.807, 2.05) is 24.5 Å². The van der Waals surface area contributed by atoms with Gasteiger partial charge in [-0.05, 0) is 65.0 Å². The molecule has 6 nitrogen and oxygen atoms in total. The zero-order chi connectivity index (χ0) is 19.5. The summed E-state index contributed by atoms with van der Waals surface area (Å²) in [4.78, 5) is 23.5. The zero-order valence-corrected chi connectivity index (χ0v) is 15.6. The van der Waals surface area contributed by atoms with Crippen LogP contribution in [0.1, 0.15) is 37.7 Å². The SMILES string of the molecule is Cc1cc(/C=N\NC(=O)C(=O)NC(C)(C)C)c(C)n1-c1ccc(F)cc1. The van der Waals surface area contributed by atoms with Gasteiger partial charge in [0.05, 0.1) is 6.21 Å². The molecular weight excluding hydrogens is 335 g/mol. The smallest absolute Gasteiger partial charge is 0.329 e. The van der Waals surface area contributed by atoms with Crippen LogP contribution in [0.4, 0.5) is 4.39 Å². The monoisotopic (exact) mass is 358 g/mol. The van der Waals surface area contributed by atoms with E-state index in [4.69, 9.17) is 0 Å². The predicted octanol–water partition coefficient (Wildman–Crippen LogP) is 2.60. The van der Waals surface area contributed by atoms with E-state index >= 15 is 0 Å². The van der Waals surface area contributed by atoms with Gasteiger partial charge >= 0.3 is 11.8 Å². The summed E-state index contributed by atoms with van der Waals surface area (Å²) in [7, 11) is 0. The van der Waals surface area contributed by atoms with E-state index in [1.165, 1.54) is 18.3 Å². The number of aryl methyl sites for hydroxylation is 1. The number of rotatable bonds is 3. The first-order valence-corrected chi connectivity index (χ1v) is 8.19. The lowest BCUT2D eigenvalue weighted by Crippen LogP contribution is -2.47. The van der Waals surface area contributed by atoms with Gasteiger partial charge in [0.15, 0.2) is 0 Å². The third-order valence-electron chi connectivity index (χ3n) is 3.62. The van der Waals surface area contributed by atoms with Crippen LogP contribution in [0.2, 0.25) is 0 Å². The highest BCUT2D eigenvalue weighted by molar-refractivity contribution is 6.35. The molecule has 0 atom stereocenters. The Bertz CT molecular complexity index is 846. The summed E-state index contributed by atoms with van der Waals surface area (Å²) in [6, 6.07) is 8.07. The van der Waals surface area contributed by atoms with Gasteiger partial charge in [-0.2, -0.15) is 5.10 Å². The Morgan fingerprint density at radius 2 is 1.73 bits per heavy atom. The predicted molar refractivity (Wildman–Crippen MR) is 98.8 cm³/mol. The van der Waals surface area contributed by atoms with Crippen molar-refractivity contribution in [2.45, 2.75) is 40.2 Å². The van der Waals surface area contributed by atoms with E-state index in [9.17, 15) is 14.0 Å². The molecule has 7 heteroatoms. The molecular formula is C19H23FN4O2. The fraction of sp³-hybridized carbons (Fsp3) is 0.316. The van der Waals surface area contributed by atoms with Gasteiger partial charge in [0.2, 0.25) is 0 Å².